The summed E-state index contributed by atoms with van der Waals surface area (Å²) in [6.45, 7) is 5.46. The molecule has 0 amide bonds. The Kier molecular flexibility index (Phi) is 12.9. The van der Waals surface area contributed by atoms with Crippen LogP contribution in [-0.4, -0.2) is 51.8 Å². The lowest BCUT2D eigenvalue weighted by atomic mass is 10.1. The monoisotopic (exact) mass is 452 g/mol. The number of nitrogens with one attached hydrogen (secondary N) is 2. The topological polar surface area (TPSA) is 48.9 Å². The summed E-state index contributed by atoms with van der Waals surface area (Å²) in [5.74, 6) is 0.570. The number of ether oxygens (including phenoxy) is 1. The van der Waals surface area contributed by atoms with Gasteiger partial charge >= 0.3 is 0 Å². The number of rotatable bonds is 9. The third kappa shape index (κ3) is 9.39. The first-order chi connectivity index (χ1) is 11.1. The zero-order valence-electron chi connectivity index (χ0n) is 15.1. The van der Waals surface area contributed by atoms with Gasteiger partial charge in [-0.05, 0) is 45.1 Å². The van der Waals surface area contributed by atoms with Crippen LogP contribution in [0.3, 0.4) is 0 Å². The maximum Gasteiger partial charge on any atom is 0.191 e. The average molecular weight is 452 g/mol. The summed E-state index contributed by atoms with van der Waals surface area (Å²) >= 11 is 0. The van der Waals surface area contributed by atoms with Crippen LogP contribution in [0.4, 0.5) is 4.39 Å². The Bertz CT molecular complexity index is 497. The highest BCUT2D eigenvalue weighted by Gasteiger charge is 2.05. The molecule has 5 nitrogen and oxygen atoms in total. The summed E-state index contributed by atoms with van der Waals surface area (Å²) < 4.78 is 19.1. The number of benzene rings is 1. The predicted octanol–water partition coefficient (Wildman–Crippen LogP) is 2.60. The van der Waals surface area contributed by atoms with E-state index in [-0.39, 0.29) is 29.8 Å². The van der Waals surface area contributed by atoms with Crippen molar-refractivity contribution < 1.29 is 9.13 Å². The second kappa shape index (κ2) is 13.4. The maximum absolute atomic E-state index is 13.8. The number of aliphatic imine (C=N–C) groups is 1. The minimum Gasteiger partial charge on any atom is -0.382 e. The first kappa shape index (κ1) is 23.1. The van der Waals surface area contributed by atoms with Crippen LogP contribution in [0.15, 0.2) is 23.2 Å². The van der Waals surface area contributed by atoms with E-state index in [0.29, 0.717) is 18.7 Å². The Hall–Kier alpha value is -0.930. The molecule has 7 heteroatoms. The molecule has 0 fully saturated rings. The molecule has 0 heterocycles. The van der Waals surface area contributed by atoms with Crippen molar-refractivity contribution in [2.45, 2.75) is 26.4 Å². The minimum atomic E-state index is -0.166. The van der Waals surface area contributed by atoms with Gasteiger partial charge in [-0.3, -0.25) is 4.99 Å². The lowest BCUT2D eigenvalue weighted by Crippen LogP contribution is -2.37. The van der Waals surface area contributed by atoms with Gasteiger partial charge in [0.1, 0.15) is 5.82 Å². The summed E-state index contributed by atoms with van der Waals surface area (Å²) in [5, 5.41) is 6.47. The Labute approximate surface area is 162 Å². The first-order valence-electron chi connectivity index (χ1n) is 8.01. The average Bonchev–Trinajstić information content (AvgIpc) is 2.52. The standard InChI is InChI=1S/C17H29FN4O.HI/c1-5-23-10-6-9-20-17(19-2)21-12-14-7-8-16(18)15(11-14)13-22(3)4;/h7-8,11H,5-6,9-10,12-13H2,1-4H3,(H2,19,20,21);1H. The van der Waals surface area contributed by atoms with Crippen LogP contribution in [0.5, 0.6) is 0 Å². The first-order valence-corrected chi connectivity index (χ1v) is 8.01. The Morgan fingerprint density at radius 3 is 2.67 bits per heavy atom. The number of hydrogen-bond acceptors (Lipinski definition) is 3. The maximum atomic E-state index is 13.8. The van der Waals surface area contributed by atoms with Gasteiger partial charge in [0.2, 0.25) is 0 Å². The molecular weight excluding hydrogens is 422 g/mol. The van der Waals surface area contributed by atoms with Crippen molar-refractivity contribution in [2.75, 3.05) is 40.9 Å². The Balaban J connectivity index is 0.00000529. The van der Waals surface area contributed by atoms with Crippen LogP contribution in [-0.2, 0) is 17.8 Å². The fraction of sp³-hybridized carbons (Fsp3) is 0.588. The summed E-state index contributed by atoms with van der Waals surface area (Å²) in [4.78, 5) is 6.13. The summed E-state index contributed by atoms with van der Waals surface area (Å²) in [6, 6.07) is 5.21. The van der Waals surface area contributed by atoms with E-state index >= 15 is 0 Å². The van der Waals surface area contributed by atoms with E-state index in [9.17, 15) is 4.39 Å². The fourth-order valence-electron chi connectivity index (χ4n) is 2.13. The third-order valence-corrected chi connectivity index (χ3v) is 3.24. The van der Waals surface area contributed by atoms with Crippen LogP contribution in [0.2, 0.25) is 0 Å². The van der Waals surface area contributed by atoms with E-state index in [4.69, 9.17) is 4.74 Å². The summed E-state index contributed by atoms with van der Waals surface area (Å²) in [6.07, 6.45) is 0.929. The number of guanidine groups is 1. The van der Waals surface area contributed by atoms with E-state index in [1.165, 1.54) is 6.07 Å². The van der Waals surface area contributed by atoms with Crippen LogP contribution in [0.1, 0.15) is 24.5 Å². The molecule has 0 saturated carbocycles. The summed E-state index contributed by atoms with van der Waals surface area (Å²) in [7, 11) is 5.59. The normalized spacial score (nSPS) is 11.3. The molecule has 0 aromatic heterocycles. The quantitative estimate of drug-likeness (QED) is 0.262. The molecule has 0 bridgehead atoms. The zero-order valence-corrected chi connectivity index (χ0v) is 17.4. The molecule has 138 valence electrons. The second-order valence-electron chi connectivity index (χ2n) is 5.57. The minimum absolute atomic E-state index is 0. The van der Waals surface area contributed by atoms with Gasteiger partial charge in [0.15, 0.2) is 5.96 Å². The molecule has 0 aliphatic heterocycles. The highest BCUT2D eigenvalue weighted by Crippen LogP contribution is 2.12. The molecule has 0 unspecified atom stereocenters. The van der Waals surface area contributed by atoms with Crippen molar-refractivity contribution in [3.63, 3.8) is 0 Å². The van der Waals surface area contributed by atoms with Crippen molar-refractivity contribution in [3.05, 3.63) is 35.1 Å². The number of hydrogen-bond donors (Lipinski definition) is 2. The van der Waals surface area contributed by atoms with Crippen LogP contribution in [0, 0.1) is 5.82 Å². The van der Waals surface area contributed by atoms with Crippen molar-refractivity contribution in [1.29, 1.82) is 0 Å². The largest absolute Gasteiger partial charge is 0.382 e. The van der Waals surface area contributed by atoms with E-state index in [1.807, 2.05) is 32.0 Å². The molecule has 1 aromatic carbocycles. The van der Waals surface area contributed by atoms with E-state index in [2.05, 4.69) is 15.6 Å². The lowest BCUT2D eigenvalue weighted by molar-refractivity contribution is 0.145. The van der Waals surface area contributed by atoms with Gasteiger partial charge in [0.25, 0.3) is 0 Å². The molecule has 1 rings (SSSR count). The van der Waals surface area contributed by atoms with Crippen LogP contribution >= 0.6 is 24.0 Å². The molecule has 0 spiro atoms. The smallest absolute Gasteiger partial charge is 0.191 e. The van der Waals surface area contributed by atoms with Crippen LogP contribution in [0.25, 0.3) is 0 Å². The van der Waals surface area contributed by atoms with Gasteiger partial charge in [0, 0.05) is 45.5 Å². The fourth-order valence-corrected chi connectivity index (χ4v) is 2.13. The van der Waals surface area contributed by atoms with Gasteiger partial charge in [-0.1, -0.05) is 6.07 Å². The highest BCUT2D eigenvalue weighted by atomic mass is 127. The summed E-state index contributed by atoms with van der Waals surface area (Å²) in [5.41, 5.74) is 1.73. The van der Waals surface area contributed by atoms with Gasteiger partial charge in [-0.15, -0.1) is 24.0 Å². The van der Waals surface area contributed by atoms with Crippen LogP contribution < -0.4 is 10.6 Å². The molecule has 0 saturated heterocycles. The highest BCUT2D eigenvalue weighted by molar-refractivity contribution is 14.0. The van der Waals surface area contributed by atoms with Crippen molar-refractivity contribution in [1.82, 2.24) is 15.5 Å². The molecule has 0 aliphatic rings. The van der Waals surface area contributed by atoms with E-state index < -0.39 is 0 Å². The zero-order chi connectivity index (χ0) is 17.1. The van der Waals surface area contributed by atoms with Crippen molar-refractivity contribution in [2.24, 2.45) is 4.99 Å². The second-order valence-corrected chi connectivity index (χ2v) is 5.57. The van der Waals surface area contributed by atoms with Gasteiger partial charge in [-0.25, -0.2) is 4.39 Å². The van der Waals surface area contributed by atoms with Crippen molar-refractivity contribution >= 4 is 29.9 Å². The lowest BCUT2D eigenvalue weighted by Gasteiger charge is -2.14. The van der Waals surface area contributed by atoms with Gasteiger partial charge in [0.05, 0.1) is 0 Å². The SMILES string of the molecule is CCOCCCNC(=NC)NCc1ccc(F)c(CN(C)C)c1.I. The predicted molar refractivity (Wildman–Crippen MR) is 109 cm³/mol. The molecule has 0 atom stereocenters. The Morgan fingerprint density at radius 1 is 1.29 bits per heavy atom. The van der Waals surface area contributed by atoms with Gasteiger partial charge in [-0.2, -0.15) is 0 Å². The number of halogens is 2. The molecule has 1 aromatic rings. The molecule has 0 aliphatic carbocycles. The number of nitrogens with zero attached hydrogens (tertiary/aromatic N) is 2. The molecular formula is C17H30FIN4O. The molecule has 24 heavy (non-hydrogen) atoms. The molecule has 2 N–H and O–H groups in total. The van der Waals surface area contributed by atoms with Crippen molar-refractivity contribution in [3.8, 4) is 0 Å². The Morgan fingerprint density at radius 2 is 2.04 bits per heavy atom. The third-order valence-electron chi connectivity index (χ3n) is 3.24. The molecule has 0 radical (unpaired) electrons. The van der Waals surface area contributed by atoms with E-state index in [0.717, 1.165) is 37.7 Å². The van der Waals surface area contributed by atoms with Gasteiger partial charge < -0.3 is 20.3 Å². The van der Waals surface area contributed by atoms with E-state index in [1.54, 1.807) is 13.1 Å².